The molecule has 0 aromatic heterocycles. The van der Waals surface area contributed by atoms with Gasteiger partial charge in [0.2, 0.25) is 0 Å². The first-order valence-corrected chi connectivity index (χ1v) is 6.54. The van der Waals surface area contributed by atoms with E-state index in [2.05, 4.69) is 5.32 Å². The molecule has 0 radical (unpaired) electrons. The standard InChI is InChI=1S/C16H19NO3/c1-19-15-9-5-6-13(16(15)18)12-17-10-11-20-14-7-3-2-4-8-14/h2-9,17-18H,10-12H2,1H3. The lowest BCUT2D eigenvalue weighted by molar-refractivity contribution is 0.312. The van der Waals surface area contributed by atoms with Crippen LogP contribution in [0.4, 0.5) is 0 Å². The molecule has 0 saturated heterocycles. The Hall–Kier alpha value is -2.20. The minimum Gasteiger partial charge on any atom is -0.504 e. The van der Waals surface area contributed by atoms with E-state index in [0.29, 0.717) is 25.4 Å². The van der Waals surface area contributed by atoms with E-state index in [1.165, 1.54) is 0 Å². The largest absolute Gasteiger partial charge is 0.504 e. The average Bonchev–Trinajstić information content (AvgIpc) is 2.49. The number of ether oxygens (including phenoxy) is 2. The van der Waals surface area contributed by atoms with Crippen molar-refractivity contribution in [2.45, 2.75) is 6.54 Å². The minimum atomic E-state index is 0.187. The number of rotatable bonds is 7. The molecule has 2 aromatic rings. The summed E-state index contributed by atoms with van der Waals surface area (Å²) in [5.74, 6) is 1.54. The molecule has 0 spiro atoms. The maximum absolute atomic E-state index is 9.93. The van der Waals surface area contributed by atoms with Gasteiger partial charge in [-0.15, -0.1) is 0 Å². The number of methoxy groups -OCH3 is 1. The zero-order valence-corrected chi connectivity index (χ0v) is 11.5. The van der Waals surface area contributed by atoms with E-state index >= 15 is 0 Å². The fourth-order valence-electron chi connectivity index (χ4n) is 1.86. The highest BCUT2D eigenvalue weighted by atomic mass is 16.5. The molecule has 4 heteroatoms. The number of aromatic hydroxyl groups is 1. The molecule has 20 heavy (non-hydrogen) atoms. The Morgan fingerprint density at radius 3 is 2.60 bits per heavy atom. The monoisotopic (exact) mass is 273 g/mol. The van der Waals surface area contributed by atoms with Gasteiger partial charge in [0.25, 0.3) is 0 Å². The number of benzene rings is 2. The van der Waals surface area contributed by atoms with Crippen molar-refractivity contribution in [1.82, 2.24) is 5.32 Å². The van der Waals surface area contributed by atoms with Crippen molar-refractivity contribution in [3.05, 3.63) is 54.1 Å². The summed E-state index contributed by atoms with van der Waals surface area (Å²) in [6, 6.07) is 15.1. The highest BCUT2D eigenvalue weighted by Crippen LogP contribution is 2.28. The molecule has 0 fully saturated rings. The summed E-state index contributed by atoms with van der Waals surface area (Å²) in [7, 11) is 1.54. The lowest BCUT2D eigenvalue weighted by Gasteiger charge is -2.10. The summed E-state index contributed by atoms with van der Waals surface area (Å²) >= 11 is 0. The molecular weight excluding hydrogens is 254 g/mol. The van der Waals surface area contributed by atoms with Crippen molar-refractivity contribution in [3.63, 3.8) is 0 Å². The van der Waals surface area contributed by atoms with Crippen LogP contribution in [0.3, 0.4) is 0 Å². The molecule has 106 valence electrons. The fourth-order valence-corrected chi connectivity index (χ4v) is 1.86. The Labute approximate surface area is 119 Å². The lowest BCUT2D eigenvalue weighted by Crippen LogP contribution is -2.20. The molecule has 0 heterocycles. The summed E-state index contributed by atoms with van der Waals surface area (Å²) in [4.78, 5) is 0. The highest BCUT2D eigenvalue weighted by molar-refractivity contribution is 5.45. The smallest absolute Gasteiger partial charge is 0.162 e. The van der Waals surface area contributed by atoms with Gasteiger partial charge in [0.05, 0.1) is 7.11 Å². The summed E-state index contributed by atoms with van der Waals surface area (Å²) in [6.07, 6.45) is 0. The number of hydrogen-bond acceptors (Lipinski definition) is 4. The van der Waals surface area contributed by atoms with Crippen molar-refractivity contribution in [2.24, 2.45) is 0 Å². The van der Waals surface area contributed by atoms with Gasteiger partial charge in [-0.1, -0.05) is 30.3 Å². The van der Waals surface area contributed by atoms with Crippen molar-refractivity contribution in [3.8, 4) is 17.2 Å². The number of hydrogen-bond donors (Lipinski definition) is 2. The van der Waals surface area contributed by atoms with Crippen LogP contribution in [0, 0.1) is 0 Å². The van der Waals surface area contributed by atoms with Crippen LogP contribution in [-0.4, -0.2) is 25.4 Å². The Kier molecular flexibility index (Phi) is 5.26. The molecule has 2 aromatic carbocycles. The second kappa shape index (κ2) is 7.40. The Balaban J connectivity index is 1.74. The van der Waals surface area contributed by atoms with Gasteiger partial charge in [0, 0.05) is 18.7 Å². The van der Waals surface area contributed by atoms with E-state index in [1.54, 1.807) is 13.2 Å². The summed E-state index contributed by atoms with van der Waals surface area (Å²) in [5.41, 5.74) is 0.809. The number of para-hydroxylation sites is 2. The third kappa shape index (κ3) is 3.90. The Bertz CT molecular complexity index is 529. The number of nitrogens with one attached hydrogen (secondary N) is 1. The van der Waals surface area contributed by atoms with Gasteiger partial charge in [0.15, 0.2) is 11.5 Å². The predicted octanol–water partition coefficient (Wildman–Crippen LogP) is 2.57. The lowest BCUT2D eigenvalue weighted by atomic mass is 10.2. The van der Waals surface area contributed by atoms with Crippen LogP contribution >= 0.6 is 0 Å². The van der Waals surface area contributed by atoms with Crippen molar-refractivity contribution in [2.75, 3.05) is 20.3 Å². The highest BCUT2D eigenvalue weighted by Gasteiger charge is 2.06. The quantitative estimate of drug-likeness (QED) is 0.761. The summed E-state index contributed by atoms with van der Waals surface area (Å²) in [6.45, 7) is 1.85. The molecule has 0 aliphatic heterocycles. The van der Waals surface area contributed by atoms with E-state index in [1.807, 2.05) is 42.5 Å². The molecule has 2 rings (SSSR count). The minimum absolute atomic E-state index is 0.187. The maximum atomic E-state index is 9.93. The average molecular weight is 273 g/mol. The van der Waals surface area contributed by atoms with Gasteiger partial charge < -0.3 is 19.9 Å². The van der Waals surface area contributed by atoms with E-state index in [9.17, 15) is 5.11 Å². The molecule has 2 N–H and O–H groups in total. The summed E-state index contributed by atoms with van der Waals surface area (Å²) in [5, 5.41) is 13.2. The van der Waals surface area contributed by atoms with Crippen LogP contribution in [0.5, 0.6) is 17.2 Å². The third-order valence-electron chi connectivity index (χ3n) is 2.91. The van der Waals surface area contributed by atoms with Gasteiger partial charge in [-0.3, -0.25) is 0 Å². The molecule has 0 aliphatic carbocycles. The molecule has 0 aliphatic rings. The molecule has 4 nitrogen and oxygen atoms in total. The van der Waals surface area contributed by atoms with Crippen LogP contribution in [0.25, 0.3) is 0 Å². The molecule has 0 saturated carbocycles. The summed E-state index contributed by atoms with van der Waals surface area (Å²) < 4.78 is 10.6. The zero-order valence-electron chi connectivity index (χ0n) is 11.5. The van der Waals surface area contributed by atoms with Gasteiger partial charge in [0.1, 0.15) is 12.4 Å². The molecule has 0 amide bonds. The van der Waals surface area contributed by atoms with E-state index in [4.69, 9.17) is 9.47 Å². The number of phenolic OH excluding ortho intramolecular Hbond substituents is 1. The first kappa shape index (κ1) is 14.2. The Morgan fingerprint density at radius 2 is 1.85 bits per heavy atom. The van der Waals surface area contributed by atoms with Crippen LogP contribution in [-0.2, 0) is 6.54 Å². The van der Waals surface area contributed by atoms with Crippen molar-refractivity contribution >= 4 is 0 Å². The van der Waals surface area contributed by atoms with E-state index < -0.39 is 0 Å². The first-order valence-electron chi connectivity index (χ1n) is 6.54. The van der Waals surface area contributed by atoms with Gasteiger partial charge in [-0.05, 0) is 18.2 Å². The molecule has 0 unspecified atom stereocenters. The topological polar surface area (TPSA) is 50.7 Å². The second-order valence-electron chi connectivity index (χ2n) is 4.31. The maximum Gasteiger partial charge on any atom is 0.162 e. The first-order chi connectivity index (χ1) is 9.81. The second-order valence-corrected chi connectivity index (χ2v) is 4.31. The fraction of sp³-hybridized carbons (Fsp3) is 0.250. The normalized spacial score (nSPS) is 10.2. The third-order valence-corrected chi connectivity index (χ3v) is 2.91. The zero-order chi connectivity index (χ0) is 14.2. The molecular formula is C16H19NO3. The van der Waals surface area contributed by atoms with Gasteiger partial charge >= 0.3 is 0 Å². The van der Waals surface area contributed by atoms with Gasteiger partial charge in [-0.25, -0.2) is 0 Å². The SMILES string of the molecule is COc1cccc(CNCCOc2ccccc2)c1O. The van der Waals surface area contributed by atoms with Crippen LogP contribution in [0.1, 0.15) is 5.56 Å². The predicted molar refractivity (Wildman–Crippen MR) is 78.3 cm³/mol. The van der Waals surface area contributed by atoms with Crippen LogP contribution < -0.4 is 14.8 Å². The number of phenols is 1. The van der Waals surface area contributed by atoms with Gasteiger partial charge in [-0.2, -0.15) is 0 Å². The van der Waals surface area contributed by atoms with Crippen molar-refractivity contribution in [1.29, 1.82) is 0 Å². The van der Waals surface area contributed by atoms with Crippen LogP contribution in [0.15, 0.2) is 48.5 Å². The van der Waals surface area contributed by atoms with E-state index in [0.717, 1.165) is 11.3 Å². The Morgan fingerprint density at radius 1 is 1.05 bits per heavy atom. The van der Waals surface area contributed by atoms with Crippen molar-refractivity contribution < 1.29 is 14.6 Å². The van der Waals surface area contributed by atoms with Crippen LogP contribution in [0.2, 0.25) is 0 Å². The molecule has 0 bridgehead atoms. The molecule has 0 atom stereocenters. The van der Waals surface area contributed by atoms with E-state index in [-0.39, 0.29) is 5.75 Å².